The van der Waals surface area contributed by atoms with Crippen LogP contribution in [0.25, 0.3) is 11.1 Å². The lowest BCUT2D eigenvalue weighted by Crippen LogP contribution is -2.29. The molecule has 0 saturated carbocycles. The maximum Gasteiger partial charge on any atom is 0.251 e. The van der Waals surface area contributed by atoms with Gasteiger partial charge in [-0.15, -0.1) is 16.9 Å². The highest BCUT2D eigenvalue weighted by molar-refractivity contribution is 7.99. The fourth-order valence-electron chi connectivity index (χ4n) is 2.85. The predicted octanol–water partition coefficient (Wildman–Crippen LogP) is -0.842. The summed E-state index contributed by atoms with van der Waals surface area (Å²) in [6.45, 7) is 1.06. The third-order valence-corrected chi connectivity index (χ3v) is 6.08. The van der Waals surface area contributed by atoms with Gasteiger partial charge in [-0.05, 0) is 23.3 Å². The molecule has 0 radical (unpaired) electrons. The number of hydrazone groups is 1. The van der Waals surface area contributed by atoms with Crippen LogP contribution < -0.4 is 39.0 Å². The van der Waals surface area contributed by atoms with Gasteiger partial charge in [0.15, 0.2) is 5.84 Å². The lowest BCUT2D eigenvalue weighted by molar-refractivity contribution is 0.0955. The van der Waals surface area contributed by atoms with Crippen molar-refractivity contribution < 1.29 is 9.00 Å². The molecule has 0 heterocycles. The van der Waals surface area contributed by atoms with Crippen LogP contribution in [0.1, 0.15) is 15.9 Å². The SMILES string of the molecule is NCCNC(=O)c1ccccc1-c1ccc(SCCN)c(S(N)=O)c1/C(N)=N/NN. The van der Waals surface area contributed by atoms with Crippen LogP contribution in [-0.2, 0) is 11.0 Å². The lowest BCUT2D eigenvalue weighted by atomic mass is 9.94. The predicted molar refractivity (Wildman–Crippen MR) is 122 cm³/mol. The van der Waals surface area contributed by atoms with Crippen LogP contribution in [0.2, 0.25) is 0 Å². The Labute approximate surface area is 181 Å². The van der Waals surface area contributed by atoms with E-state index in [0.29, 0.717) is 57.4 Å². The molecule has 162 valence electrons. The Hall–Kier alpha value is -2.48. The van der Waals surface area contributed by atoms with E-state index in [1.54, 1.807) is 36.4 Å². The highest BCUT2D eigenvalue weighted by atomic mass is 32.2. The van der Waals surface area contributed by atoms with E-state index in [4.69, 9.17) is 28.2 Å². The van der Waals surface area contributed by atoms with E-state index in [0.717, 1.165) is 0 Å². The summed E-state index contributed by atoms with van der Waals surface area (Å²) in [4.78, 5) is 13.6. The first-order valence-corrected chi connectivity index (χ1v) is 11.2. The van der Waals surface area contributed by atoms with Crippen molar-refractivity contribution in [3.63, 3.8) is 0 Å². The van der Waals surface area contributed by atoms with Crippen LogP contribution in [0, 0.1) is 0 Å². The molecule has 0 bridgehead atoms. The second-order valence-corrected chi connectivity index (χ2v) is 8.11. The normalized spacial score (nSPS) is 12.5. The Bertz CT molecular complexity index is 952. The van der Waals surface area contributed by atoms with Crippen molar-refractivity contribution >= 4 is 34.5 Å². The van der Waals surface area contributed by atoms with Gasteiger partial charge in [0.1, 0.15) is 11.0 Å². The lowest BCUT2D eigenvalue weighted by Gasteiger charge is -2.18. The molecule has 30 heavy (non-hydrogen) atoms. The zero-order chi connectivity index (χ0) is 22.1. The minimum absolute atomic E-state index is 0.0198. The number of carbonyl (C=O) groups excluding carboxylic acids is 1. The van der Waals surface area contributed by atoms with Crippen molar-refractivity contribution in [1.82, 2.24) is 10.9 Å². The van der Waals surface area contributed by atoms with Gasteiger partial charge in [0.05, 0.1) is 4.90 Å². The summed E-state index contributed by atoms with van der Waals surface area (Å²) >= 11 is 1.40. The summed E-state index contributed by atoms with van der Waals surface area (Å²) in [5, 5.41) is 12.4. The Balaban J connectivity index is 2.78. The number of thioether (sulfide) groups is 1. The molecule has 0 aliphatic heterocycles. The molecule has 2 aromatic carbocycles. The van der Waals surface area contributed by atoms with E-state index in [1.807, 2.05) is 0 Å². The third kappa shape index (κ3) is 5.56. The Morgan fingerprint density at radius 3 is 2.47 bits per heavy atom. The molecular formula is C18H26N8O2S2. The van der Waals surface area contributed by atoms with Gasteiger partial charge in [-0.1, -0.05) is 24.3 Å². The van der Waals surface area contributed by atoms with Crippen LogP contribution in [-0.4, -0.2) is 41.3 Å². The van der Waals surface area contributed by atoms with Crippen LogP contribution in [0.4, 0.5) is 0 Å². The quantitative estimate of drug-likeness (QED) is 0.0797. The molecule has 0 aromatic heterocycles. The molecule has 0 fully saturated rings. The number of nitrogens with one attached hydrogen (secondary N) is 2. The Kier molecular flexibility index (Phi) is 9.23. The first-order chi connectivity index (χ1) is 14.5. The number of hydrogen-bond acceptors (Lipinski definition) is 8. The van der Waals surface area contributed by atoms with Crippen LogP contribution in [0.3, 0.4) is 0 Å². The van der Waals surface area contributed by atoms with Gasteiger partial charge in [-0.25, -0.2) is 20.7 Å². The molecule has 0 aliphatic rings. The summed E-state index contributed by atoms with van der Waals surface area (Å²) in [7, 11) is -1.89. The molecule has 10 nitrogen and oxygen atoms in total. The van der Waals surface area contributed by atoms with Gasteiger partial charge in [0.2, 0.25) is 0 Å². The van der Waals surface area contributed by atoms with E-state index in [2.05, 4.69) is 16.0 Å². The number of hydrazine groups is 1. The summed E-state index contributed by atoms with van der Waals surface area (Å²) < 4.78 is 12.5. The fourth-order valence-corrected chi connectivity index (χ4v) is 4.69. The summed E-state index contributed by atoms with van der Waals surface area (Å²) in [6.07, 6.45) is 0. The molecule has 12 heteroatoms. The van der Waals surface area contributed by atoms with E-state index in [1.165, 1.54) is 11.8 Å². The standard InChI is InChI=1S/C18H26N8O2S2/c19-7-9-24-18(27)13-4-2-1-3-11(13)12-5-6-14(29-10-8-20)16(30(23)28)15(12)17(21)25-26-22/h1-6,26H,7-10,19-20,22-23H2,(H2,21,25)(H,24,27). The third-order valence-electron chi connectivity index (χ3n) is 4.03. The number of carbonyl (C=O) groups is 1. The zero-order valence-electron chi connectivity index (χ0n) is 16.3. The number of benzene rings is 2. The highest BCUT2D eigenvalue weighted by Gasteiger charge is 2.23. The summed E-state index contributed by atoms with van der Waals surface area (Å²) in [6, 6.07) is 10.5. The van der Waals surface area contributed by atoms with E-state index < -0.39 is 11.0 Å². The number of nitrogens with zero attached hydrogens (tertiary/aromatic N) is 1. The topological polar surface area (TPSA) is 201 Å². The summed E-state index contributed by atoms with van der Waals surface area (Å²) in [5.41, 5.74) is 21.2. The molecule has 1 unspecified atom stereocenters. The van der Waals surface area contributed by atoms with Gasteiger partial charge < -0.3 is 22.5 Å². The smallest absolute Gasteiger partial charge is 0.251 e. The molecule has 2 aromatic rings. The van der Waals surface area contributed by atoms with Gasteiger partial charge in [-0.2, -0.15) is 0 Å². The molecular weight excluding hydrogens is 424 g/mol. The van der Waals surface area contributed by atoms with Gasteiger partial charge in [0.25, 0.3) is 5.91 Å². The van der Waals surface area contributed by atoms with Crippen molar-refractivity contribution in [3.05, 3.63) is 47.5 Å². The molecule has 0 spiro atoms. The Morgan fingerprint density at radius 1 is 1.10 bits per heavy atom. The van der Waals surface area contributed by atoms with Crippen molar-refractivity contribution in [2.24, 2.45) is 33.3 Å². The fraction of sp³-hybridized carbons (Fsp3) is 0.222. The van der Waals surface area contributed by atoms with Crippen LogP contribution in [0.5, 0.6) is 0 Å². The molecule has 1 amide bonds. The number of nitrogens with two attached hydrogens (primary N) is 5. The van der Waals surface area contributed by atoms with Gasteiger partial charge in [-0.3, -0.25) is 4.79 Å². The van der Waals surface area contributed by atoms with Gasteiger partial charge >= 0.3 is 0 Å². The second kappa shape index (κ2) is 11.6. The molecule has 12 N–H and O–H groups in total. The van der Waals surface area contributed by atoms with E-state index in [9.17, 15) is 9.00 Å². The van der Waals surface area contributed by atoms with E-state index >= 15 is 0 Å². The van der Waals surface area contributed by atoms with Crippen molar-refractivity contribution in [2.45, 2.75) is 9.79 Å². The van der Waals surface area contributed by atoms with E-state index in [-0.39, 0.29) is 11.7 Å². The van der Waals surface area contributed by atoms with Crippen molar-refractivity contribution in [2.75, 3.05) is 25.4 Å². The number of hydrogen-bond donors (Lipinski definition) is 7. The van der Waals surface area contributed by atoms with Crippen LogP contribution in [0.15, 0.2) is 51.3 Å². The second-order valence-electron chi connectivity index (χ2n) is 5.97. The molecule has 0 saturated heterocycles. The first-order valence-electron chi connectivity index (χ1n) is 8.99. The zero-order valence-corrected chi connectivity index (χ0v) is 17.9. The average molecular weight is 451 g/mol. The van der Waals surface area contributed by atoms with Crippen molar-refractivity contribution in [3.8, 4) is 11.1 Å². The highest BCUT2D eigenvalue weighted by Crippen LogP contribution is 2.36. The van der Waals surface area contributed by atoms with Crippen molar-refractivity contribution in [1.29, 1.82) is 0 Å². The molecule has 2 rings (SSSR count). The minimum Gasteiger partial charge on any atom is -0.382 e. The minimum atomic E-state index is -1.89. The van der Waals surface area contributed by atoms with Gasteiger partial charge in [0, 0.05) is 41.4 Å². The molecule has 1 atom stereocenters. The first kappa shape index (κ1) is 23.8. The maximum absolute atomic E-state index is 12.7. The van der Waals surface area contributed by atoms with Crippen LogP contribution >= 0.6 is 11.8 Å². The average Bonchev–Trinajstić information content (AvgIpc) is 2.75. The Morgan fingerprint density at radius 2 is 1.83 bits per heavy atom. The maximum atomic E-state index is 12.7. The monoisotopic (exact) mass is 450 g/mol. The number of rotatable bonds is 10. The summed E-state index contributed by atoms with van der Waals surface area (Å²) in [5.74, 6) is 5.58. The molecule has 0 aliphatic carbocycles. The largest absolute Gasteiger partial charge is 0.382 e. The number of amidine groups is 1. The number of amides is 1.